The predicted octanol–water partition coefficient (Wildman–Crippen LogP) is 0.856. The number of amides is 2. The van der Waals surface area contributed by atoms with Crippen LogP contribution in [0.25, 0.3) is 0 Å². The van der Waals surface area contributed by atoms with Gasteiger partial charge in [0.05, 0.1) is 5.56 Å². The van der Waals surface area contributed by atoms with E-state index in [1.165, 1.54) is 6.07 Å². The summed E-state index contributed by atoms with van der Waals surface area (Å²) in [7, 11) is 1.54. The molecule has 0 saturated heterocycles. The first-order chi connectivity index (χ1) is 7.63. The molecule has 5 nitrogen and oxygen atoms in total. The molecule has 3 N–H and O–H groups in total. The average molecular weight is 222 g/mol. The summed E-state index contributed by atoms with van der Waals surface area (Å²) in [5.41, 5.74) is 1.15. The van der Waals surface area contributed by atoms with Gasteiger partial charge >= 0.3 is 12.0 Å². The molecule has 2 amide bonds. The van der Waals surface area contributed by atoms with Crippen LogP contribution in [0, 0.1) is 0 Å². The van der Waals surface area contributed by atoms with Crippen LogP contribution in [0.1, 0.15) is 15.9 Å². The molecular formula is C11H14N2O3. The summed E-state index contributed by atoms with van der Waals surface area (Å²) in [6.07, 6.45) is 0.606. The van der Waals surface area contributed by atoms with Crippen molar-refractivity contribution in [3.8, 4) is 0 Å². The number of aromatic carboxylic acids is 1. The van der Waals surface area contributed by atoms with Crippen LogP contribution in [0.5, 0.6) is 0 Å². The van der Waals surface area contributed by atoms with E-state index < -0.39 is 5.97 Å². The average Bonchev–Trinajstić information content (AvgIpc) is 2.29. The summed E-state index contributed by atoms with van der Waals surface area (Å²) >= 11 is 0. The van der Waals surface area contributed by atoms with Crippen LogP contribution in [0.15, 0.2) is 24.3 Å². The molecule has 0 saturated carbocycles. The number of carboxylic acid groups (broad SMARTS) is 1. The van der Waals surface area contributed by atoms with E-state index in [0.29, 0.717) is 13.0 Å². The number of urea groups is 1. The van der Waals surface area contributed by atoms with E-state index in [0.717, 1.165) is 5.56 Å². The molecule has 0 fully saturated rings. The van der Waals surface area contributed by atoms with E-state index in [2.05, 4.69) is 10.6 Å². The Morgan fingerprint density at radius 3 is 2.75 bits per heavy atom. The summed E-state index contributed by atoms with van der Waals surface area (Å²) in [5.74, 6) is -0.943. The van der Waals surface area contributed by atoms with Crippen molar-refractivity contribution in [2.75, 3.05) is 13.6 Å². The van der Waals surface area contributed by atoms with Crippen LogP contribution in [0.2, 0.25) is 0 Å². The molecule has 0 aliphatic carbocycles. The molecule has 0 aliphatic rings. The number of carbonyl (C=O) groups excluding carboxylic acids is 1. The molecule has 0 atom stereocenters. The number of nitrogens with one attached hydrogen (secondary N) is 2. The van der Waals surface area contributed by atoms with Gasteiger partial charge in [-0.3, -0.25) is 0 Å². The van der Waals surface area contributed by atoms with Gasteiger partial charge in [-0.2, -0.15) is 0 Å². The van der Waals surface area contributed by atoms with Crippen LogP contribution in [-0.2, 0) is 6.42 Å². The number of carboxylic acids is 1. The van der Waals surface area contributed by atoms with Crippen LogP contribution >= 0.6 is 0 Å². The zero-order chi connectivity index (χ0) is 12.0. The minimum atomic E-state index is -0.943. The van der Waals surface area contributed by atoms with Gasteiger partial charge in [0.1, 0.15) is 0 Å². The highest BCUT2D eigenvalue weighted by Crippen LogP contribution is 2.05. The quantitative estimate of drug-likeness (QED) is 0.706. The van der Waals surface area contributed by atoms with Crippen LogP contribution in [0.4, 0.5) is 4.79 Å². The molecule has 0 radical (unpaired) electrons. The lowest BCUT2D eigenvalue weighted by Gasteiger charge is -2.05. The minimum Gasteiger partial charge on any atom is -0.478 e. The van der Waals surface area contributed by atoms with Crippen molar-refractivity contribution in [3.05, 3.63) is 35.4 Å². The largest absolute Gasteiger partial charge is 0.478 e. The van der Waals surface area contributed by atoms with Gasteiger partial charge in [0.2, 0.25) is 0 Å². The Balaban J connectivity index is 2.51. The maximum Gasteiger partial charge on any atom is 0.335 e. The first-order valence-electron chi connectivity index (χ1n) is 4.91. The first kappa shape index (κ1) is 12.0. The van der Waals surface area contributed by atoms with Gasteiger partial charge < -0.3 is 15.7 Å². The standard InChI is InChI=1S/C11H14N2O3/c1-12-11(16)13-6-5-8-3-2-4-9(7-8)10(14)15/h2-4,7H,5-6H2,1H3,(H,14,15)(H2,12,13,16). The van der Waals surface area contributed by atoms with Crippen molar-refractivity contribution in [3.63, 3.8) is 0 Å². The molecule has 0 aromatic heterocycles. The van der Waals surface area contributed by atoms with Gasteiger partial charge in [0.15, 0.2) is 0 Å². The lowest BCUT2D eigenvalue weighted by molar-refractivity contribution is 0.0696. The summed E-state index contributed by atoms with van der Waals surface area (Å²) in [4.78, 5) is 21.6. The highest BCUT2D eigenvalue weighted by Gasteiger charge is 2.03. The smallest absolute Gasteiger partial charge is 0.335 e. The molecule has 0 aliphatic heterocycles. The fourth-order valence-electron chi connectivity index (χ4n) is 1.27. The van der Waals surface area contributed by atoms with Gasteiger partial charge in [-0.15, -0.1) is 0 Å². The second-order valence-electron chi connectivity index (χ2n) is 3.26. The van der Waals surface area contributed by atoms with Crippen LogP contribution in [-0.4, -0.2) is 30.7 Å². The van der Waals surface area contributed by atoms with Crippen molar-refractivity contribution in [1.82, 2.24) is 10.6 Å². The van der Waals surface area contributed by atoms with Gasteiger partial charge in [-0.25, -0.2) is 9.59 Å². The van der Waals surface area contributed by atoms with E-state index in [4.69, 9.17) is 5.11 Å². The maximum atomic E-state index is 10.9. The Kier molecular flexibility index (Phi) is 4.32. The lowest BCUT2D eigenvalue weighted by Crippen LogP contribution is -2.34. The molecule has 5 heteroatoms. The predicted molar refractivity (Wildman–Crippen MR) is 59.6 cm³/mol. The molecule has 1 aromatic carbocycles. The fourth-order valence-corrected chi connectivity index (χ4v) is 1.27. The molecule has 0 bridgehead atoms. The SMILES string of the molecule is CNC(=O)NCCc1cccc(C(=O)O)c1. The monoisotopic (exact) mass is 222 g/mol. The Morgan fingerprint density at radius 2 is 2.12 bits per heavy atom. The second-order valence-corrected chi connectivity index (χ2v) is 3.26. The Hall–Kier alpha value is -2.04. The van der Waals surface area contributed by atoms with Crippen molar-refractivity contribution < 1.29 is 14.7 Å². The van der Waals surface area contributed by atoms with Crippen LogP contribution < -0.4 is 10.6 Å². The summed E-state index contributed by atoms with van der Waals surface area (Å²) < 4.78 is 0. The van der Waals surface area contributed by atoms with Crippen LogP contribution in [0.3, 0.4) is 0 Å². The number of hydrogen-bond acceptors (Lipinski definition) is 2. The van der Waals surface area contributed by atoms with Gasteiger partial charge in [0.25, 0.3) is 0 Å². The molecule has 1 rings (SSSR count). The van der Waals surface area contributed by atoms with Crippen molar-refractivity contribution in [2.45, 2.75) is 6.42 Å². The minimum absolute atomic E-state index is 0.241. The van der Waals surface area contributed by atoms with E-state index in [1.807, 2.05) is 6.07 Å². The molecule has 0 heterocycles. The number of carbonyl (C=O) groups is 2. The van der Waals surface area contributed by atoms with Gasteiger partial charge in [-0.1, -0.05) is 12.1 Å². The third kappa shape index (κ3) is 3.61. The summed E-state index contributed by atoms with van der Waals surface area (Å²) in [5, 5.41) is 13.8. The van der Waals surface area contributed by atoms with Crippen molar-refractivity contribution in [1.29, 1.82) is 0 Å². The summed E-state index contributed by atoms with van der Waals surface area (Å²) in [6, 6.07) is 6.43. The third-order valence-corrected chi connectivity index (χ3v) is 2.10. The number of hydrogen-bond donors (Lipinski definition) is 3. The maximum absolute atomic E-state index is 10.9. The molecular weight excluding hydrogens is 208 g/mol. The van der Waals surface area contributed by atoms with E-state index in [1.54, 1.807) is 19.2 Å². The van der Waals surface area contributed by atoms with E-state index in [9.17, 15) is 9.59 Å². The first-order valence-corrected chi connectivity index (χ1v) is 4.91. The molecule has 1 aromatic rings. The summed E-state index contributed by atoms with van der Waals surface area (Å²) in [6.45, 7) is 0.475. The zero-order valence-electron chi connectivity index (χ0n) is 8.99. The van der Waals surface area contributed by atoms with E-state index >= 15 is 0 Å². The number of rotatable bonds is 4. The Morgan fingerprint density at radius 1 is 1.38 bits per heavy atom. The van der Waals surface area contributed by atoms with Crippen molar-refractivity contribution >= 4 is 12.0 Å². The zero-order valence-corrected chi connectivity index (χ0v) is 8.99. The molecule has 16 heavy (non-hydrogen) atoms. The fraction of sp³-hybridized carbons (Fsp3) is 0.273. The highest BCUT2D eigenvalue weighted by atomic mass is 16.4. The van der Waals surface area contributed by atoms with Gasteiger partial charge in [0, 0.05) is 13.6 Å². The topological polar surface area (TPSA) is 78.4 Å². The second kappa shape index (κ2) is 5.75. The van der Waals surface area contributed by atoms with E-state index in [-0.39, 0.29) is 11.6 Å². The Labute approximate surface area is 93.5 Å². The molecule has 0 spiro atoms. The van der Waals surface area contributed by atoms with Gasteiger partial charge in [-0.05, 0) is 24.1 Å². The third-order valence-electron chi connectivity index (χ3n) is 2.10. The highest BCUT2D eigenvalue weighted by molar-refractivity contribution is 5.87. The van der Waals surface area contributed by atoms with Crippen molar-refractivity contribution in [2.24, 2.45) is 0 Å². The lowest BCUT2D eigenvalue weighted by atomic mass is 10.1. The normalized spacial score (nSPS) is 9.56. The molecule has 0 unspecified atom stereocenters. The number of benzene rings is 1. The molecule has 86 valence electrons. The Bertz CT molecular complexity index is 391.